The molecule has 1 fully saturated rings. The molecule has 0 unspecified atom stereocenters. The van der Waals surface area contributed by atoms with E-state index in [4.69, 9.17) is 22.1 Å². The zero-order valence-corrected chi connectivity index (χ0v) is 18.1. The third kappa shape index (κ3) is 4.90. The van der Waals surface area contributed by atoms with Crippen LogP contribution < -0.4 is 21.3 Å². The Bertz CT molecular complexity index is 1150. The van der Waals surface area contributed by atoms with Crippen LogP contribution in [-0.4, -0.2) is 42.2 Å². The normalized spacial score (nSPS) is 13.7. The number of hydrogen-bond donors (Lipinski definition) is 3. The third-order valence-corrected chi connectivity index (χ3v) is 5.41. The van der Waals surface area contributed by atoms with Crippen molar-refractivity contribution in [2.24, 2.45) is 0 Å². The first-order valence-corrected chi connectivity index (χ1v) is 10.4. The molecule has 1 amide bonds. The summed E-state index contributed by atoms with van der Waals surface area (Å²) in [5.41, 5.74) is 9.14. The highest BCUT2D eigenvalue weighted by molar-refractivity contribution is 6.32. The Morgan fingerprint density at radius 3 is 2.75 bits per heavy atom. The zero-order valence-electron chi connectivity index (χ0n) is 17.4. The number of carbonyl (C=O) groups is 1. The Labute approximate surface area is 189 Å². The lowest BCUT2D eigenvalue weighted by atomic mass is 10.1. The molecule has 0 aliphatic carbocycles. The average Bonchev–Trinajstić information content (AvgIpc) is 2.79. The number of ether oxygens (including phenoxy) is 1. The van der Waals surface area contributed by atoms with Crippen molar-refractivity contribution in [2.45, 2.75) is 6.92 Å². The summed E-state index contributed by atoms with van der Waals surface area (Å²) in [6.45, 7) is 4.33. The molecule has 166 valence electrons. The number of nitrogens with one attached hydrogen (secondary N) is 2. The van der Waals surface area contributed by atoms with Crippen LogP contribution in [0.4, 0.5) is 33.0 Å². The number of halogens is 2. The van der Waals surface area contributed by atoms with Gasteiger partial charge < -0.3 is 26.0 Å². The van der Waals surface area contributed by atoms with Crippen molar-refractivity contribution >= 4 is 46.1 Å². The first-order chi connectivity index (χ1) is 15.4. The van der Waals surface area contributed by atoms with Crippen molar-refractivity contribution in [2.75, 3.05) is 47.6 Å². The number of morpholine rings is 1. The topological polar surface area (TPSA) is 105 Å². The number of anilines is 5. The number of nitrogens with zero attached hydrogens (tertiary/aromatic N) is 3. The third-order valence-electron chi connectivity index (χ3n) is 5.10. The van der Waals surface area contributed by atoms with Crippen LogP contribution in [0.1, 0.15) is 15.9 Å². The van der Waals surface area contributed by atoms with Gasteiger partial charge in [-0.05, 0) is 42.8 Å². The van der Waals surface area contributed by atoms with Gasteiger partial charge in [0.15, 0.2) is 11.0 Å². The Balaban J connectivity index is 1.54. The van der Waals surface area contributed by atoms with Gasteiger partial charge in [-0.1, -0.05) is 17.7 Å². The number of aryl methyl sites for hydroxylation is 1. The molecular weight excluding hydrogens is 435 g/mol. The molecule has 2 aromatic carbocycles. The number of carbonyl (C=O) groups excluding carboxylic acids is 1. The van der Waals surface area contributed by atoms with Gasteiger partial charge in [-0.15, -0.1) is 0 Å². The Kier molecular flexibility index (Phi) is 6.38. The van der Waals surface area contributed by atoms with E-state index in [0.717, 1.165) is 5.56 Å². The maximum Gasteiger partial charge on any atom is 0.255 e. The minimum atomic E-state index is -0.471. The van der Waals surface area contributed by atoms with Gasteiger partial charge in [0.2, 0.25) is 0 Å². The molecule has 0 atom stereocenters. The van der Waals surface area contributed by atoms with Crippen molar-refractivity contribution in [3.8, 4) is 0 Å². The largest absolute Gasteiger partial charge is 0.393 e. The molecule has 4 N–H and O–H groups in total. The van der Waals surface area contributed by atoms with Crippen LogP contribution >= 0.6 is 11.6 Å². The van der Waals surface area contributed by atoms with E-state index in [-0.39, 0.29) is 16.4 Å². The summed E-state index contributed by atoms with van der Waals surface area (Å²) in [6.07, 6.45) is 1.30. The van der Waals surface area contributed by atoms with E-state index < -0.39 is 11.7 Å². The smallest absolute Gasteiger partial charge is 0.255 e. The van der Waals surface area contributed by atoms with Gasteiger partial charge in [0.1, 0.15) is 17.8 Å². The minimum absolute atomic E-state index is 0.145. The summed E-state index contributed by atoms with van der Waals surface area (Å²) in [5.74, 6) is -0.531. The molecule has 0 radical (unpaired) electrons. The first-order valence-electron chi connectivity index (χ1n) is 9.99. The number of rotatable bonds is 5. The second-order valence-corrected chi connectivity index (χ2v) is 7.69. The van der Waals surface area contributed by atoms with Gasteiger partial charge in [-0.3, -0.25) is 4.79 Å². The molecule has 0 bridgehead atoms. The highest BCUT2D eigenvalue weighted by atomic mass is 35.5. The fourth-order valence-electron chi connectivity index (χ4n) is 3.35. The van der Waals surface area contributed by atoms with Crippen LogP contribution in [0.5, 0.6) is 0 Å². The van der Waals surface area contributed by atoms with E-state index in [1.807, 2.05) is 17.9 Å². The molecule has 1 aliphatic heterocycles. The Morgan fingerprint density at radius 1 is 1.19 bits per heavy atom. The van der Waals surface area contributed by atoms with E-state index >= 15 is 0 Å². The maximum atomic E-state index is 14.2. The predicted octanol–water partition coefficient (Wildman–Crippen LogP) is 3.99. The van der Waals surface area contributed by atoms with E-state index in [2.05, 4.69) is 20.6 Å². The minimum Gasteiger partial charge on any atom is -0.393 e. The second-order valence-electron chi connectivity index (χ2n) is 7.33. The van der Waals surface area contributed by atoms with E-state index in [0.29, 0.717) is 49.2 Å². The summed E-state index contributed by atoms with van der Waals surface area (Å²) >= 11 is 5.96. The summed E-state index contributed by atoms with van der Waals surface area (Å²) < 4.78 is 19.6. The molecule has 0 spiro atoms. The van der Waals surface area contributed by atoms with Crippen LogP contribution in [0.3, 0.4) is 0 Å². The fraction of sp³-hybridized carbons (Fsp3) is 0.227. The molecule has 8 nitrogen and oxygen atoms in total. The van der Waals surface area contributed by atoms with Crippen LogP contribution in [0, 0.1) is 12.7 Å². The van der Waals surface area contributed by atoms with Gasteiger partial charge in [0.05, 0.1) is 13.2 Å². The number of nitrogens with two attached hydrogens (primary N) is 1. The lowest BCUT2D eigenvalue weighted by Crippen LogP contribution is -2.36. The molecule has 4 rings (SSSR count). The fourth-order valence-corrected chi connectivity index (χ4v) is 3.48. The highest BCUT2D eigenvalue weighted by Gasteiger charge is 2.16. The predicted molar refractivity (Wildman–Crippen MR) is 123 cm³/mol. The maximum absolute atomic E-state index is 14.2. The second kappa shape index (κ2) is 9.37. The van der Waals surface area contributed by atoms with Crippen molar-refractivity contribution in [3.05, 3.63) is 64.8 Å². The van der Waals surface area contributed by atoms with Crippen LogP contribution in [-0.2, 0) is 4.74 Å². The summed E-state index contributed by atoms with van der Waals surface area (Å²) in [7, 11) is 0. The summed E-state index contributed by atoms with van der Waals surface area (Å²) in [4.78, 5) is 22.8. The number of hydrogen-bond acceptors (Lipinski definition) is 7. The first kappa shape index (κ1) is 21.8. The van der Waals surface area contributed by atoms with Crippen LogP contribution in [0.2, 0.25) is 5.15 Å². The molecule has 1 aromatic heterocycles. The molecule has 0 saturated carbocycles. The number of nitrogen functional groups attached to an aromatic ring is 1. The Morgan fingerprint density at radius 2 is 1.97 bits per heavy atom. The average molecular weight is 457 g/mol. The SMILES string of the molecule is Cc1ccc(NC(=O)c2cc(F)cc(N3CCOCC3)c2)cc1Nc1ncnc(Cl)c1N. The van der Waals surface area contributed by atoms with Crippen molar-refractivity contribution < 1.29 is 13.9 Å². The quantitative estimate of drug-likeness (QED) is 0.498. The molecule has 3 aromatic rings. The number of aromatic nitrogens is 2. The number of amides is 1. The Hall–Kier alpha value is -3.43. The van der Waals surface area contributed by atoms with Crippen LogP contribution in [0.15, 0.2) is 42.7 Å². The number of benzene rings is 2. The van der Waals surface area contributed by atoms with Crippen molar-refractivity contribution in [1.29, 1.82) is 0 Å². The van der Waals surface area contributed by atoms with Gasteiger partial charge in [0.25, 0.3) is 5.91 Å². The molecule has 2 heterocycles. The zero-order chi connectivity index (χ0) is 22.7. The molecule has 1 aliphatic rings. The monoisotopic (exact) mass is 456 g/mol. The molecule has 10 heteroatoms. The van der Waals surface area contributed by atoms with Gasteiger partial charge in [0, 0.05) is 35.7 Å². The summed E-state index contributed by atoms with van der Waals surface area (Å²) in [5, 5.41) is 6.07. The van der Waals surface area contributed by atoms with Gasteiger partial charge in [-0.2, -0.15) is 0 Å². The lowest BCUT2D eigenvalue weighted by molar-refractivity contribution is 0.102. The van der Waals surface area contributed by atoms with Gasteiger partial charge in [-0.25, -0.2) is 14.4 Å². The van der Waals surface area contributed by atoms with Crippen LogP contribution in [0.25, 0.3) is 0 Å². The highest BCUT2D eigenvalue weighted by Crippen LogP contribution is 2.29. The van der Waals surface area contributed by atoms with Crippen molar-refractivity contribution in [1.82, 2.24) is 9.97 Å². The molecular formula is C22H22ClFN6O2. The van der Waals surface area contributed by atoms with Crippen molar-refractivity contribution in [3.63, 3.8) is 0 Å². The summed E-state index contributed by atoms with van der Waals surface area (Å²) in [6, 6.07) is 9.66. The lowest BCUT2D eigenvalue weighted by Gasteiger charge is -2.29. The van der Waals surface area contributed by atoms with E-state index in [1.54, 1.807) is 18.2 Å². The standard InChI is InChI=1S/C22H22ClFN6O2/c1-13-2-3-16(11-18(13)29-21-19(25)20(23)26-12-27-21)28-22(31)14-8-15(24)10-17(9-14)30-4-6-32-7-5-30/h2-3,8-12H,4-7,25H2,1H3,(H,28,31)(H,26,27,29). The molecule has 1 saturated heterocycles. The van der Waals surface area contributed by atoms with E-state index in [9.17, 15) is 9.18 Å². The molecule has 32 heavy (non-hydrogen) atoms. The van der Waals surface area contributed by atoms with E-state index in [1.165, 1.54) is 18.5 Å². The van der Waals surface area contributed by atoms with Gasteiger partial charge >= 0.3 is 0 Å².